The predicted molar refractivity (Wildman–Crippen MR) is 110 cm³/mol. The molecule has 0 aliphatic rings. The van der Waals surface area contributed by atoms with Crippen molar-refractivity contribution in [2.24, 2.45) is 0 Å². The van der Waals surface area contributed by atoms with Gasteiger partial charge in [-0.1, -0.05) is 12.1 Å². The van der Waals surface area contributed by atoms with Crippen LogP contribution < -0.4 is 10.1 Å². The molecule has 2 rings (SSSR count). The lowest BCUT2D eigenvalue weighted by atomic mass is 10.1. The number of hydrogen-bond donors (Lipinski definition) is 1. The zero-order valence-corrected chi connectivity index (χ0v) is 16.9. The van der Waals surface area contributed by atoms with E-state index in [-0.39, 0.29) is 11.5 Å². The summed E-state index contributed by atoms with van der Waals surface area (Å²) >= 11 is 0. The summed E-state index contributed by atoms with van der Waals surface area (Å²) in [6, 6.07) is 13.3. The molecule has 154 valence electrons. The van der Waals surface area contributed by atoms with Crippen molar-refractivity contribution in [2.45, 2.75) is 20.8 Å². The Hall–Kier alpha value is -3.35. The first-order chi connectivity index (χ1) is 14.0. The molecular weight excluding hydrogens is 372 g/mol. The van der Waals surface area contributed by atoms with Gasteiger partial charge in [0.2, 0.25) is 0 Å². The molecule has 0 aliphatic heterocycles. The molecule has 7 heteroatoms. The number of nitrogens with zero attached hydrogens (tertiary/aromatic N) is 1. The quantitative estimate of drug-likeness (QED) is 0.655. The van der Waals surface area contributed by atoms with Crippen molar-refractivity contribution in [3.8, 4) is 5.75 Å². The SMILES string of the molecule is CCOc1ccccc1C(=O)OCC(=O)Nc1ccc(C(=O)N(CC)CC)cc1. The minimum absolute atomic E-state index is 0.0604. The summed E-state index contributed by atoms with van der Waals surface area (Å²) in [5, 5.41) is 2.64. The Kier molecular flexibility index (Phi) is 8.21. The number of anilines is 1. The van der Waals surface area contributed by atoms with Crippen LogP contribution in [0, 0.1) is 0 Å². The van der Waals surface area contributed by atoms with Crippen LogP contribution in [0.5, 0.6) is 5.75 Å². The molecule has 0 saturated carbocycles. The third kappa shape index (κ3) is 6.07. The van der Waals surface area contributed by atoms with Gasteiger partial charge in [0.1, 0.15) is 11.3 Å². The van der Waals surface area contributed by atoms with Crippen LogP contribution in [0.3, 0.4) is 0 Å². The van der Waals surface area contributed by atoms with E-state index in [1.54, 1.807) is 53.4 Å². The van der Waals surface area contributed by atoms with E-state index < -0.39 is 18.5 Å². The Bertz CT molecular complexity index is 845. The molecule has 2 aromatic rings. The molecule has 0 saturated heterocycles. The standard InChI is InChI=1S/C22H26N2O5/c1-4-24(5-2)21(26)16-11-13-17(14-12-16)23-20(25)15-29-22(27)18-9-7-8-10-19(18)28-6-3/h7-14H,4-6,15H2,1-3H3,(H,23,25). The van der Waals surface area contributed by atoms with Crippen LogP contribution in [-0.2, 0) is 9.53 Å². The summed E-state index contributed by atoms with van der Waals surface area (Å²) in [4.78, 5) is 38.3. The summed E-state index contributed by atoms with van der Waals surface area (Å²) < 4.78 is 10.5. The van der Waals surface area contributed by atoms with Crippen LogP contribution in [0.25, 0.3) is 0 Å². The van der Waals surface area contributed by atoms with Gasteiger partial charge >= 0.3 is 5.97 Å². The van der Waals surface area contributed by atoms with Crippen molar-refractivity contribution in [1.82, 2.24) is 4.90 Å². The smallest absolute Gasteiger partial charge is 0.342 e. The van der Waals surface area contributed by atoms with E-state index >= 15 is 0 Å². The van der Waals surface area contributed by atoms with Gasteiger partial charge in [-0.3, -0.25) is 9.59 Å². The fourth-order valence-corrected chi connectivity index (χ4v) is 2.71. The van der Waals surface area contributed by atoms with E-state index in [0.29, 0.717) is 36.7 Å². The molecule has 0 aliphatic carbocycles. The molecule has 7 nitrogen and oxygen atoms in total. The molecule has 0 bridgehead atoms. The van der Waals surface area contributed by atoms with Crippen LogP contribution in [-0.4, -0.2) is 49.0 Å². The number of amides is 2. The molecule has 1 N–H and O–H groups in total. The van der Waals surface area contributed by atoms with Gasteiger partial charge in [0, 0.05) is 24.3 Å². The van der Waals surface area contributed by atoms with E-state index in [9.17, 15) is 14.4 Å². The monoisotopic (exact) mass is 398 g/mol. The summed E-state index contributed by atoms with van der Waals surface area (Å²) in [6.45, 7) is 6.90. The molecule has 0 spiro atoms. The number of ether oxygens (including phenoxy) is 2. The van der Waals surface area contributed by atoms with Gasteiger partial charge in [0.05, 0.1) is 6.61 Å². The zero-order valence-electron chi connectivity index (χ0n) is 16.9. The number of esters is 1. The maximum atomic E-state index is 12.3. The minimum atomic E-state index is -0.635. The van der Waals surface area contributed by atoms with Gasteiger partial charge in [0.15, 0.2) is 6.61 Å². The van der Waals surface area contributed by atoms with Crippen molar-refractivity contribution < 1.29 is 23.9 Å². The van der Waals surface area contributed by atoms with Crippen LogP contribution in [0.1, 0.15) is 41.5 Å². The van der Waals surface area contributed by atoms with Crippen LogP contribution in [0.2, 0.25) is 0 Å². The normalized spacial score (nSPS) is 10.2. The molecule has 2 aromatic carbocycles. The number of rotatable bonds is 9. The highest BCUT2D eigenvalue weighted by Gasteiger charge is 2.16. The maximum Gasteiger partial charge on any atom is 0.342 e. The molecule has 0 atom stereocenters. The first-order valence-electron chi connectivity index (χ1n) is 9.58. The fraction of sp³-hybridized carbons (Fsp3) is 0.318. The van der Waals surface area contributed by atoms with Gasteiger partial charge < -0.3 is 19.7 Å². The van der Waals surface area contributed by atoms with E-state index in [2.05, 4.69) is 5.32 Å². The molecule has 29 heavy (non-hydrogen) atoms. The van der Waals surface area contributed by atoms with Crippen LogP contribution in [0.4, 0.5) is 5.69 Å². The van der Waals surface area contributed by atoms with Gasteiger partial charge in [-0.05, 0) is 57.2 Å². The number of carbonyl (C=O) groups is 3. The first kappa shape index (κ1) is 21.9. The lowest BCUT2D eigenvalue weighted by Gasteiger charge is -2.18. The average molecular weight is 398 g/mol. The highest BCUT2D eigenvalue weighted by atomic mass is 16.5. The lowest BCUT2D eigenvalue weighted by Crippen LogP contribution is -2.30. The molecule has 0 aromatic heterocycles. The summed E-state index contributed by atoms with van der Waals surface area (Å²) in [6.07, 6.45) is 0. The van der Waals surface area contributed by atoms with Crippen molar-refractivity contribution in [2.75, 3.05) is 31.6 Å². The van der Waals surface area contributed by atoms with Gasteiger partial charge in [0.25, 0.3) is 11.8 Å². The second-order valence-corrected chi connectivity index (χ2v) is 6.11. The molecule has 0 unspecified atom stereocenters. The Labute approximate surface area is 170 Å². The molecule has 0 fully saturated rings. The molecular formula is C22H26N2O5. The topological polar surface area (TPSA) is 84.9 Å². The predicted octanol–water partition coefficient (Wildman–Crippen LogP) is 3.36. The van der Waals surface area contributed by atoms with Crippen molar-refractivity contribution in [1.29, 1.82) is 0 Å². The van der Waals surface area contributed by atoms with E-state index in [1.165, 1.54) is 0 Å². The molecule has 0 heterocycles. The lowest BCUT2D eigenvalue weighted by molar-refractivity contribution is -0.119. The highest BCUT2D eigenvalue weighted by Crippen LogP contribution is 2.19. The zero-order chi connectivity index (χ0) is 21.2. The van der Waals surface area contributed by atoms with E-state index in [4.69, 9.17) is 9.47 Å². The molecule has 2 amide bonds. The number of carbonyl (C=O) groups excluding carboxylic acids is 3. The highest BCUT2D eigenvalue weighted by molar-refractivity contribution is 5.98. The third-order valence-corrected chi connectivity index (χ3v) is 4.21. The van der Waals surface area contributed by atoms with Gasteiger partial charge in [-0.25, -0.2) is 4.79 Å². The number of para-hydroxylation sites is 1. The first-order valence-corrected chi connectivity index (χ1v) is 9.58. The second-order valence-electron chi connectivity index (χ2n) is 6.11. The third-order valence-electron chi connectivity index (χ3n) is 4.21. The van der Waals surface area contributed by atoms with Gasteiger partial charge in [-0.15, -0.1) is 0 Å². The average Bonchev–Trinajstić information content (AvgIpc) is 2.74. The summed E-state index contributed by atoms with van der Waals surface area (Å²) in [7, 11) is 0. The Morgan fingerprint density at radius 3 is 2.21 bits per heavy atom. The van der Waals surface area contributed by atoms with Crippen molar-refractivity contribution in [3.05, 3.63) is 59.7 Å². The Morgan fingerprint density at radius 1 is 0.931 bits per heavy atom. The summed E-state index contributed by atoms with van der Waals surface area (Å²) in [5.41, 5.74) is 1.32. The van der Waals surface area contributed by atoms with E-state index in [1.807, 2.05) is 20.8 Å². The van der Waals surface area contributed by atoms with Crippen LogP contribution in [0.15, 0.2) is 48.5 Å². The summed E-state index contributed by atoms with van der Waals surface area (Å²) in [5.74, 6) is -0.761. The largest absolute Gasteiger partial charge is 0.493 e. The molecule has 0 radical (unpaired) electrons. The fourth-order valence-electron chi connectivity index (χ4n) is 2.71. The van der Waals surface area contributed by atoms with E-state index in [0.717, 1.165) is 0 Å². The van der Waals surface area contributed by atoms with Crippen LogP contribution >= 0.6 is 0 Å². The number of nitrogens with one attached hydrogen (secondary N) is 1. The Balaban J connectivity index is 1.91. The van der Waals surface area contributed by atoms with Crippen molar-refractivity contribution >= 4 is 23.5 Å². The maximum absolute atomic E-state index is 12.3. The van der Waals surface area contributed by atoms with Crippen molar-refractivity contribution in [3.63, 3.8) is 0 Å². The van der Waals surface area contributed by atoms with Gasteiger partial charge in [-0.2, -0.15) is 0 Å². The minimum Gasteiger partial charge on any atom is -0.493 e. The number of hydrogen-bond acceptors (Lipinski definition) is 5. The second kappa shape index (κ2) is 10.8. The number of benzene rings is 2. The Morgan fingerprint density at radius 2 is 1.59 bits per heavy atom.